The van der Waals surface area contributed by atoms with Crippen LogP contribution in [0, 0.1) is 0 Å². The topological polar surface area (TPSA) is 215 Å². The summed E-state index contributed by atoms with van der Waals surface area (Å²) >= 11 is 0. The molecule has 15 nitrogen and oxygen atoms in total. The molecular formula is C28H34N5O10P. The second kappa shape index (κ2) is 13.9. The van der Waals surface area contributed by atoms with Crippen LogP contribution < -0.4 is 20.5 Å². The minimum atomic E-state index is -4.76. The number of phosphoric acid groups is 1. The van der Waals surface area contributed by atoms with Gasteiger partial charge < -0.3 is 25.6 Å². The molecule has 2 aliphatic heterocycles. The summed E-state index contributed by atoms with van der Waals surface area (Å²) in [4.78, 5) is 83.3. The third kappa shape index (κ3) is 8.56. The largest absolute Gasteiger partial charge is 0.524 e. The summed E-state index contributed by atoms with van der Waals surface area (Å²) in [5.74, 6) is -2.68. The highest BCUT2D eigenvalue weighted by Gasteiger charge is 2.44. The maximum atomic E-state index is 13.8. The van der Waals surface area contributed by atoms with Gasteiger partial charge in [-0.3, -0.25) is 38.8 Å². The number of carbonyl (C=O) groups is 5. The molecule has 2 saturated heterocycles. The number of phosphoric ester groups is 1. The molecule has 0 bridgehead atoms. The Bertz CT molecular complexity index is 1450. The van der Waals surface area contributed by atoms with Gasteiger partial charge in [0.25, 0.3) is 5.91 Å². The fourth-order valence-electron chi connectivity index (χ4n) is 5.11. The molecule has 0 radical (unpaired) electrons. The van der Waals surface area contributed by atoms with Crippen molar-refractivity contribution in [1.82, 2.24) is 26.0 Å². The molecule has 0 spiro atoms. The van der Waals surface area contributed by atoms with Crippen LogP contribution in [0.3, 0.4) is 0 Å². The molecule has 44 heavy (non-hydrogen) atoms. The Labute approximate surface area is 252 Å². The maximum Gasteiger partial charge on any atom is 0.524 e. The molecule has 0 saturated carbocycles. The number of nitrogens with one attached hydrogen (secondary N) is 3. The molecule has 6 N–H and O–H groups in total. The van der Waals surface area contributed by atoms with Crippen molar-refractivity contribution in [2.45, 2.75) is 63.7 Å². The Hall–Kier alpha value is -4.46. The van der Waals surface area contributed by atoms with Crippen LogP contribution in [0.5, 0.6) is 11.5 Å². The fourth-order valence-corrected chi connectivity index (χ4v) is 5.51. The van der Waals surface area contributed by atoms with Crippen molar-refractivity contribution in [2.24, 2.45) is 0 Å². The number of amides is 5. The summed E-state index contributed by atoms with van der Waals surface area (Å²) in [6.45, 7) is 1.60. The third-order valence-corrected chi connectivity index (χ3v) is 7.61. The number of benzene rings is 2. The van der Waals surface area contributed by atoms with Gasteiger partial charge in [0.2, 0.25) is 23.6 Å². The van der Waals surface area contributed by atoms with Crippen molar-refractivity contribution in [2.75, 3.05) is 6.54 Å². The molecule has 236 valence electrons. The van der Waals surface area contributed by atoms with Gasteiger partial charge in [-0.05, 0) is 54.7 Å². The van der Waals surface area contributed by atoms with Gasteiger partial charge in [-0.15, -0.1) is 0 Å². The third-order valence-electron chi connectivity index (χ3n) is 7.17. The second-order valence-corrected chi connectivity index (χ2v) is 11.7. The average Bonchev–Trinajstić information content (AvgIpc) is 3.08. The second-order valence-electron chi connectivity index (χ2n) is 10.5. The summed E-state index contributed by atoms with van der Waals surface area (Å²) in [6.07, 6.45) is 0.695. The van der Waals surface area contributed by atoms with Gasteiger partial charge in [-0.25, -0.2) is 9.57 Å². The zero-order valence-electron chi connectivity index (χ0n) is 23.8. The van der Waals surface area contributed by atoms with E-state index < -0.39 is 49.6 Å². The monoisotopic (exact) mass is 631 g/mol. The van der Waals surface area contributed by atoms with Gasteiger partial charge in [-0.2, -0.15) is 0 Å². The zero-order chi connectivity index (χ0) is 32.0. The number of aromatic hydroxyl groups is 1. The standard InChI is InChI=1S/C28H34N5O10P/c1-17(34)30-23(15-18-6-10-21(11-7-18)43-44(40,41)42)26(37)31-22-12-13-25(36)32-14-2-3-24(33(32)28(22)39)27(38)29-16-19-4-8-20(35)9-5-19/h4-11,22-24,35H,2-3,12-16H2,1H3,(H,29,38)(H,30,34)(H,31,37)(H2,40,41,42). The molecule has 3 atom stereocenters. The molecule has 2 heterocycles. The van der Waals surface area contributed by atoms with E-state index in [9.17, 15) is 33.6 Å². The van der Waals surface area contributed by atoms with E-state index in [1.807, 2.05) is 0 Å². The highest BCUT2D eigenvalue weighted by atomic mass is 31.2. The number of nitrogens with zero attached hydrogens (tertiary/aromatic N) is 2. The van der Waals surface area contributed by atoms with E-state index in [-0.39, 0.29) is 49.8 Å². The highest BCUT2D eigenvalue weighted by molar-refractivity contribution is 7.46. The Balaban J connectivity index is 1.47. The Morgan fingerprint density at radius 2 is 1.68 bits per heavy atom. The van der Waals surface area contributed by atoms with Crippen LogP contribution in [0.1, 0.15) is 43.7 Å². The van der Waals surface area contributed by atoms with Crippen LogP contribution in [0.25, 0.3) is 0 Å². The normalized spacial score (nSPS) is 19.3. The number of phenolic OH excluding ortho intramolecular Hbond substituents is 1. The summed E-state index contributed by atoms with van der Waals surface area (Å²) in [7, 11) is -4.76. The van der Waals surface area contributed by atoms with Crippen LogP contribution in [-0.4, -0.2) is 79.1 Å². The number of hydrogen-bond acceptors (Lipinski definition) is 8. The number of fused-ring (bicyclic) bond motifs is 1. The zero-order valence-corrected chi connectivity index (χ0v) is 24.7. The minimum absolute atomic E-state index is 0.0144. The number of hydrogen-bond donors (Lipinski definition) is 6. The van der Waals surface area contributed by atoms with Crippen LogP contribution in [0.2, 0.25) is 0 Å². The highest BCUT2D eigenvalue weighted by Crippen LogP contribution is 2.37. The average molecular weight is 632 g/mol. The lowest BCUT2D eigenvalue weighted by Crippen LogP contribution is -2.64. The molecule has 3 unspecified atom stereocenters. The van der Waals surface area contributed by atoms with E-state index in [4.69, 9.17) is 9.79 Å². The van der Waals surface area contributed by atoms with Gasteiger partial charge >= 0.3 is 7.82 Å². The molecule has 2 aromatic carbocycles. The lowest BCUT2D eigenvalue weighted by Gasteiger charge is -2.43. The molecule has 2 aliphatic rings. The minimum Gasteiger partial charge on any atom is -0.508 e. The van der Waals surface area contributed by atoms with E-state index in [2.05, 4.69) is 20.5 Å². The van der Waals surface area contributed by atoms with Gasteiger partial charge in [0, 0.05) is 32.9 Å². The van der Waals surface area contributed by atoms with E-state index in [1.54, 1.807) is 12.1 Å². The van der Waals surface area contributed by atoms with Crippen LogP contribution in [-0.2, 0) is 41.5 Å². The quantitative estimate of drug-likeness (QED) is 0.196. The predicted octanol–water partition coefficient (Wildman–Crippen LogP) is 0.241. The molecule has 16 heteroatoms. The van der Waals surface area contributed by atoms with Crippen molar-refractivity contribution in [3.63, 3.8) is 0 Å². The van der Waals surface area contributed by atoms with E-state index in [0.29, 0.717) is 18.4 Å². The van der Waals surface area contributed by atoms with Gasteiger partial charge in [0.05, 0.1) is 0 Å². The first-order chi connectivity index (χ1) is 20.8. The summed E-state index contributed by atoms with van der Waals surface area (Å²) in [5, 5.41) is 19.8. The Kier molecular flexibility index (Phi) is 10.2. The predicted molar refractivity (Wildman–Crippen MR) is 153 cm³/mol. The summed E-state index contributed by atoms with van der Waals surface area (Å²) < 4.78 is 15.6. The first-order valence-corrected chi connectivity index (χ1v) is 15.4. The van der Waals surface area contributed by atoms with Crippen molar-refractivity contribution >= 4 is 37.4 Å². The first-order valence-electron chi connectivity index (χ1n) is 13.9. The number of carbonyl (C=O) groups excluding carboxylic acids is 5. The lowest BCUT2D eigenvalue weighted by molar-refractivity contribution is -0.176. The van der Waals surface area contributed by atoms with Gasteiger partial charge in [-0.1, -0.05) is 24.3 Å². The number of hydrazine groups is 1. The van der Waals surface area contributed by atoms with Crippen LogP contribution in [0.4, 0.5) is 0 Å². The SMILES string of the molecule is CC(=O)NC(Cc1ccc(OP(=O)(O)O)cc1)C(=O)NC1CCC(=O)N2CCCC(C(=O)NCc3ccc(O)cc3)N2C1=O. The molecule has 2 aromatic rings. The Morgan fingerprint density at radius 3 is 2.32 bits per heavy atom. The van der Waals surface area contributed by atoms with Gasteiger partial charge in [0.1, 0.15) is 29.6 Å². The summed E-state index contributed by atoms with van der Waals surface area (Å²) in [5.41, 5.74) is 1.24. The molecule has 0 aromatic heterocycles. The molecule has 2 fully saturated rings. The molecular weight excluding hydrogens is 597 g/mol. The Morgan fingerprint density at radius 1 is 1.02 bits per heavy atom. The molecule has 0 aliphatic carbocycles. The number of phenols is 1. The summed E-state index contributed by atoms with van der Waals surface area (Å²) in [6, 6.07) is 8.52. The van der Waals surface area contributed by atoms with E-state index >= 15 is 0 Å². The first kappa shape index (κ1) is 32.5. The van der Waals surface area contributed by atoms with E-state index in [0.717, 1.165) is 10.6 Å². The van der Waals surface area contributed by atoms with Crippen molar-refractivity contribution < 1.29 is 48.0 Å². The van der Waals surface area contributed by atoms with Crippen LogP contribution in [0.15, 0.2) is 48.5 Å². The molecule has 5 amide bonds. The number of rotatable bonds is 10. The van der Waals surface area contributed by atoms with E-state index in [1.165, 1.54) is 48.3 Å². The van der Waals surface area contributed by atoms with Crippen LogP contribution >= 0.6 is 7.82 Å². The lowest BCUT2D eigenvalue weighted by atomic mass is 10.0. The van der Waals surface area contributed by atoms with Crippen molar-refractivity contribution in [3.05, 3.63) is 59.7 Å². The van der Waals surface area contributed by atoms with Crippen molar-refractivity contribution in [1.29, 1.82) is 0 Å². The smallest absolute Gasteiger partial charge is 0.508 e. The fraction of sp³-hybridized carbons (Fsp3) is 0.393. The van der Waals surface area contributed by atoms with Crippen molar-refractivity contribution in [3.8, 4) is 11.5 Å². The molecule has 4 rings (SSSR count). The van der Waals surface area contributed by atoms with Gasteiger partial charge in [0.15, 0.2) is 0 Å². The maximum absolute atomic E-state index is 13.8.